The van der Waals surface area contributed by atoms with E-state index in [1.165, 1.54) is 5.56 Å². The molecule has 5 heteroatoms. The molecule has 0 aliphatic heterocycles. The van der Waals surface area contributed by atoms with Crippen molar-refractivity contribution >= 4 is 11.8 Å². The lowest BCUT2D eigenvalue weighted by atomic mass is 10.1. The molecule has 0 saturated heterocycles. The molecule has 2 heterocycles. The monoisotopic (exact) mass is 260 g/mol. The maximum Gasteiger partial charge on any atom is 0.115 e. The van der Waals surface area contributed by atoms with Gasteiger partial charge in [-0.1, -0.05) is 18.7 Å². The highest BCUT2D eigenvalue weighted by molar-refractivity contribution is 7.99. The first-order valence-corrected chi connectivity index (χ1v) is 6.77. The molecule has 0 aliphatic carbocycles. The molecule has 2 N–H and O–H groups in total. The van der Waals surface area contributed by atoms with E-state index in [2.05, 4.69) is 21.9 Å². The number of rotatable bonds is 5. The first-order valence-electron chi connectivity index (χ1n) is 5.89. The van der Waals surface area contributed by atoms with E-state index in [1.807, 2.05) is 12.1 Å². The van der Waals surface area contributed by atoms with E-state index >= 15 is 0 Å². The van der Waals surface area contributed by atoms with Gasteiger partial charge in [0.25, 0.3) is 0 Å². The largest absolute Gasteiger partial charge is 0.326 e. The number of hydrogen-bond acceptors (Lipinski definition) is 5. The fourth-order valence-electron chi connectivity index (χ4n) is 1.65. The van der Waals surface area contributed by atoms with Crippen LogP contribution in [0.2, 0.25) is 0 Å². The molecule has 2 aromatic heterocycles. The van der Waals surface area contributed by atoms with Gasteiger partial charge in [-0.25, -0.2) is 4.98 Å². The van der Waals surface area contributed by atoms with Gasteiger partial charge in [0.1, 0.15) is 5.03 Å². The maximum atomic E-state index is 6.21. The van der Waals surface area contributed by atoms with Crippen molar-refractivity contribution in [1.82, 2.24) is 15.0 Å². The van der Waals surface area contributed by atoms with Gasteiger partial charge in [-0.2, -0.15) is 0 Å². The molecule has 0 amide bonds. The molecule has 0 radical (unpaired) electrons. The quantitative estimate of drug-likeness (QED) is 0.836. The smallest absolute Gasteiger partial charge is 0.115 e. The molecule has 0 fully saturated rings. The van der Waals surface area contributed by atoms with E-state index in [9.17, 15) is 0 Å². The van der Waals surface area contributed by atoms with Gasteiger partial charge in [-0.3, -0.25) is 9.97 Å². The first-order chi connectivity index (χ1) is 8.81. The Morgan fingerprint density at radius 1 is 1.17 bits per heavy atom. The second kappa shape index (κ2) is 6.47. The van der Waals surface area contributed by atoms with Gasteiger partial charge < -0.3 is 5.73 Å². The Balaban J connectivity index is 2.21. The highest BCUT2D eigenvalue weighted by atomic mass is 32.2. The van der Waals surface area contributed by atoms with Crippen LogP contribution >= 0.6 is 11.8 Å². The Morgan fingerprint density at radius 2 is 1.94 bits per heavy atom. The summed E-state index contributed by atoms with van der Waals surface area (Å²) in [7, 11) is 0. The van der Waals surface area contributed by atoms with Crippen LogP contribution < -0.4 is 5.73 Å². The number of aromatic nitrogens is 3. The summed E-state index contributed by atoms with van der Waals surface area (Å²) in [5.41, 5.74) is 7.38. The number of hydrogen-bond donors (Lipinski definition) is 1. The van der Waals surface area contributed by atoms with Crippen molar-refractivity contribution in [3.05, 3.63) is 48.7 Å². The van der Waals surface area contributed by atoms with Crippen LogP contribution in [-0.4, -0.2) is 21.0 Å². The van der Waals surface area contributed by atoms with Crippen LogP contribution in [0.15, 0.2) is 48.1 Å². The van der Waals surface area contributed by atoms with Crippen LogP contribution in [0.4, 0.5) is 0 Å². The van der Waals surface area contributed by atoms with Crippen molar-refractivity contribution < 1.29 is 0 Å². The van der Waals surface area contributed by atoms with Gasteiger partial charge >= 0.3 is 0 Å². The van der Waals surface area contributed by atoms with E-state index in [0.717, 1.165) is 11.4 Å². The zero-order chi connectivity index (χ0) is 12.8. The molecule has 94 valence electrons. The van der Waals surface area contributed by atoms with Crippen LogP contribution in [-0.2, 0) is 0 Å². The van der Waals surface area contributed by atoms with E-state index in [1.54, 1.807) is 42.7 Å². The number of nitrogens with two attached hydrogens (primary N) is 1. The van der Waals surface area contributed by atoms with Crippen molar-refractivity contribution in [2.24, 2.45) is 5.73 Å². The number of thioether (sulfide) groups is 1. The SMILES string of the molecule is CCC(N)C(Sc1cnccn1)c1ccncc1. The zero-order valence-corrected chi connectivity index (χ0v) is 11.0. The summed E-state index contributed by atoms with van der Waals surface area (Å²) < 4.78 is 0. The second-order valence-corrected chi connectivity index (χ2v) is 5.10. The fourth-order valence-corrected chi connectivity index (χ4v) is 2.81. The standard InChI is InChI=1S/C13H16N4S/c1-2-11(14)13(10-3-5-15-6-4-10)18-12-9-16-7-8-17-12/h3-9,11,13H,2,14H2,1H3. The third-order valence-electron chi connectivity index (χ3n) is 2.68. The van der Waals surface area contributed by atoms with Crippen LogP contribution in [0.5, 0.6) is 0 Å². The minimum atomic E-state index is 0.0828. The Bertz CT molecular complexity index is 463. The van der Waals surface area contributed by atoms with E-state index < -0.39 is 0 Å². The van der Waals surface area contributed by atoms with E-state index in [4.69, 9.17) is 5.73 Å². The number of nitrogens with zero attached hydrogens (tertiary/aromatic N) is 3. The highest BCUT2D eigenvalue weighted by Gasteiger charge is 2.20. The van der Waals surface area contributed by atoms with Crippen LogP contribution in [0.25, 0.3) is 0 Å². The summed E-state index contributed by atoms with van der Waals surface area (Å²) >= 11 is 1.65. The summed E-state index contributed by atoms with van der Waals surface area (Å²) in [6.07, 6.45) is 9.64. The van der Waals surface area contributed by atoms with Crippen molar-refractivity contribution in [1.29, 1.82) is 0 Å². The summed E-state index contributed by atoms with van der Waals surface area (Å²) in [5.74, 6) is 0. The van der Waals surface area contributed by atoms with Crippen molar-refractivity contribution in [2.45, 2.75) is 29.7 Å². The predicted molar refractivity (Wildman–Crippen MR) is 73.1 cm³/mol. The molecule has 0 bridgehead atoms. The Labute approximate surface area is 111 Å². The van der Waals surface area contributed by atoms with Crippen molar-refractivity contribution in [3.8, 4) is 0 Å². The molecule has 0 saturated carbocycles. The molecule has 2 atom stereocenters. The second-order valence-electron chi connectivity index (χ2n) is 3.93. The first kappa shape index (κ1) is 13.0. The molecule has 18 heavy (non-hydrogen) atoms. The van der Waals surface area contributed by atoms with Gasteiger partial charge in [0.15, 0.2) is 0 Å². The third-order valence-corrected chi connectivity index (χ3v) is 4.01. The van der Waals surface area contributed by atoms with Gasteiger partial charge in [-0.15, -0.1) is 0 Å². The van der Waals surface area contributed by atoms with Gasteiger partial charge in [0.05, 0.1) is 11.4 Å². The Hall–Kier alpha value is -1.46. The fraction of sp³-hybridized carbons (Fsp3) is 0.308. The van der Waals surface area contributed by atoms with Crippen LogP contribution in [0.3, 0.4) is 0 Å². The lowest BCUT2D eigenvalue weighted by Crippen LogP contribution is -2.25. The van der Waals surface area contributed by atoms with Crippen molar-refractivity contribution in [3.63, 3.8) is 0 Å². The Kier molecular flexibility index (Phi) is 4.66. The zero-order valence-electron chi connectivity index (χ0n) is 10.2. The van der Waals surface area contributed by atoms with Gasteiger partial charge in [0, 0.05) is 30.8 Å². The van der Waals surface area contributed by atoms with E-state index in [0.29, 0.717) is 0 Å². The molecular formula is C13H16N4S. The summed E-state index contributed by atoms with van der Waals surface area (Å²) in [5, 5.41) is 1.07. The molecule has 0 aromatic carbocycles. The molecule has 2 unspecified atom stereocenters. The Morgan fingerprint density at radius 3 is 2.56 bits per heavy atom. The summed E-state index contributed by atoms with van der Waals surface area (Å²) in [6.45, 7) is 2.09. The van der Waals surface area contributed by atoms with Gasteiger partial charge in [0.2, 0.25) is 0 Å². The maximum absolute atomic E-state index is 6.21. The van der Waals surface area contributed by atoms with Crippen LogP contribution in [0, 0.1) is 0 Å². The lowest BCUT2D eigenvalue weighted by Gasteiger charge is -2.22. The minimum Gasteiger partial charge on any atom is -0.326 e. The molecule has 2 aromatic rings. The molecule has 4 nitrogen and oxygen atoms in total. The molecule has 2 rings (SSSR count). The summed E-state index contributed by atoms with van der Waals surface area (Å²) in [4.78, 5) is 12.4. The highest BCUT2D eigenvalue weighted by Crippen LogP contribution is 2.36. The van der Waals surface area contributed by atoms with Gasteiger partial charge in [-0.05, 0) is 24.1 Å². The lowest BCUT2D eigenvalue weighted by molar-refractivity contribution is 0.633. The van der Waals surface area contributed by atoms with Crippen molar-refractivity contribution in [2.75, 3.05) is 0 Å². The number of pyridine rings is 1. The average molecular weight is 260 g/mol. The average Bonchev–Trinajstić information content (AvgIpc) is 2.46. The normalized spacial score (nSPS) is 14.1. The minimum absolute atomic E-state index is 0.0828. The van der Waals surface area contributed by atoms with E-state index in [-0.39, 0.29) is 11.3 Å². The third kappa shape index (κ3) is 3.27. The summed E-state index contributed by atoms with van der Waals surface area (Å²) in [6, 6.07) is 4.09. The molecule has 0 spiro atoms. The predicted octanol–water partition coefficient (Wildman–Crippen LogP) is 2.44. The molecule has 0 aliphatic rings. The topological polar surface area (TPSA) is 64.7 Å². The van der Waals surface area contributed by atoms with Crippen LogP contribution in [0.1, 0.15) is 24.2 Å². The molecular weight excluding hydrogens is 244 g/mol.